The van der Waals surface area contributed by atoms with Crippen molar-refractivity contribution in [3.8, 4) is 0 Å². The number of H-pyrrole nitrogens is 1. The second-order valence-electron chi connectivity index (χ2n) is 3.60. The minimum absolute atomic E-state index is 0.299. The molecule has 0 saturated carbocycles. The molecule has 0 aliphatic heterocycles. The van der Waals surface area contributed by atoms with Gasteiger partial charge in [-0.25, -0.2) is 0 Å². The monoisotopic (exact) mass is 229 g/mol. The van der Waals surface area contributed by atoms with E-state index in [4.69, 9.17) is 0 Å². The topological polar surface area (TPSA) is 74.8 Å². The summed E-state index contributed by atoms with van der Waals surface area (Å²) in [5, 5.41) is 8.92. The van der Waals surface area contributed by atoms with Crippen molar-refractivity contribution >= 4 is 17.9 Å². The van der Waals surface area contributed by atoms with Crippen LogP contribution in [0.5, 0.6) is 0 Å². The second-order valence-corrected chi connectivity index (χ2v) is 3.60. The summed E-state index contributed by atoms with van der Waals surface area (Å²) in [7, 11) is 0. The van der Waals surface area contributed by atoms with E-state index in [1.54, 1.807) is 12.1 Å². The molecule has 1 aromatic carbocycles. The van der Waals surface area contributed by atoms with Crippen LogP contribution in [0, 0.1) is 6.92 Å². The fraction of sp³-hybridized carbons (Fsp3) is 0.0833. The van der Waals surface area contributed by atoms with Gasteiger partial charge < -0.3 is 5.32 Å². The van der Waals surface area contributed by atoms with Crippen molar-refractivity contribution in [2.75, 3.05) is 5.32 Å². The quantitative estimate of drug-likeness (QED) is 0.788. The standard InChI is InChI=1S/C12H11N3O2/c1-8-3-2-4-11(10(8)7-16)15-12(17)9-5-13-14-6-9/h2-7H,1H3,(H,13,14)(H,15,17). The summed E-state index contributed by atoms with van der Waals surface area (Å²) in [4.78, 5) is 22.7. The summed E-state index contributed by atoms with van der Waals surface area (Å²) in [5.41, 5.74) is 2.24. The number of nitrogens with one attached hydrogen (secondary N) is 2. The van der Waals surface area contributed by atoms with Gasteiger partial charge in [-0.05, 0) is 18.6 Å². The van der Waals surface area contributed by atoms with E-state index in [2.05, 4.69) is 15.5 Å². The first kappa shape index (κ1) is 11.1. The van der Waals surface area contributed by atoms with Gasteiger partial charge in [-0.15, -0.1) is 0 Å². The highest BCUT2D eigenvalue weighted by atomic mass is 16.1. The molecule has 0 aliphatic carbocycles. The summed E-state index contributed by atoms with van der Waals surface area (Å²) in [6, 6.07) is 5.29. The van der Waals surface area contributed by atoms with Gasteiger partial charge in [0, 0.05) is 11.8 Å². The molecule has 2 N–H and O–H groups in total. The average molecular weight is 229 g/mol. The zero-order chi connectivity index (χ0) is 12.3. The molecule has 0 bridgehead atoms. The van der Waals surface area contributed by atoms with Gasteiger partial charge in [-0.2, -0.15) is 5.10 Å². The van der Waals surface area contributed by atoms with Gasteiger partial charge in [-0.1, -0.05) is 12.1 Å². The lowest BCUT2D eigenvalue weighted by atomic mass is 10.1. The van der Waals surface area contributed by atoms with Crippen LogP contribution >= 0.6 is 0 Å². The highest BCUT2D eigenvalue weighted by Crippen LogP contribution is 2.18. The molecule has 1 amide bonds. The molecule has 17 heavy (non-hydrogen) atoms. The van der Waals surface area contributed by atoms with Gasteiger partial charge in [0.25, 0.3) is 5.91 Å². The first-order chi connectivity index (χ1) is 8.22. The zero-order valence-electron chi connectivity index (χ0n) is 9.23. The lowest BCUT2D eigenvalue weighted by Crippen LogP contribution is -2.12. The molecule has 0 saturated heterocycles. The fourth-order valence-corrected chi connectivity index (χ4v) is 1.52. The predicted molar refractivity (Wildman–Crippen MR) is 63.1 cm³/mol. The summed E-state index contributed by atoms with van der Waals surface area (Å²) < 4.78 is 0. The van der Waals surface area contributed by atoms with Gasteiger partial charge in [0.15, 0.2) is 6.29 Å². The van der Waals surface area contributed by atoms with Crippen LogP contribution in [0.4, 0.5) is 5.69 Å². The largest absolute Gasteiger partial charge is 0.321 e. The van der Waals surface area contributed by atoms with E-state index in [9.17, 15) is 9.59 Å². The van der Waals surface area contributed by atoms with Gasteiger partial charge in [-0.3, -0.25) is 14.7 Å². The van der Waals surface area contributed by atoms with Crippen LogP contribution < -0.4 is 5.32 Å². The summed E-state index contributed by atoms with van der Waals surface area (Å²) >= 11 is 0. The Morgan fingerprint density at radius 3 is 2.94 bits per heavy atom. The molecule has 2 rings (SSSR count). The van der Waals surface area contributed by atoms with Crippen molar-refractivity contribution in [2.45, 2.75) is 6.92 Å². The minimum Gasteiger partial charge on any atom is -0.321 e. The van der Waals surface area contributed by atoms with Crippen LogP contribution in [-0.4, -0.2) is 22.4 Å². The van der Waals surface area contributed by atoms with Crippen molar-refractivity contribution in [1.82, 2.24) is 10.2 Å². The molecule has 1 heterocycles. The van der Waals surface area contributed by atoms with Crippen LogP contribution in [0.25, 0.3) is 0 Å². The molecule has 5 nitrogen and oxygen atoms in total. The third kappa shape index (κ3) is 2.23. The molecule has 0 spiro atoms. The zero-order valence-corrected chi connectivity index (χ0v) is 9.23. The van der Waals surface area contributed by atoms with Crippen molar-refractivity contribution < 1.29 is 9.59 Å². The van der Waals surface area contributed by atoms with Crippen LogP contribution in [-0.2, 0) is 0 Å². The Morgan fingerprint density at radius 1 is 1.47 bits per heavy atom. The first-order valence-corrected chi connectivity index (χ1v) is 5.07. The molecule has 0 unspecified atom stereocenters. The number of amides is 1. The van der Waals surface area contributed by atoms with E-state index in [-0.39, 0.29) is 5.91 Å². The van der Waals surface area contributed by atoms with E-state index in [1.165, 1.54) is 12.4 Å². The Bertz CT molecular complexity index is 547. The molecule has 5 heteroatoms. The number of rotatable bonds is 3. The third-order valence-corrected chi connectivity index (χ3v) is 2.45. The van der Waals surface area contributed by atoms with Crippen LogP contribution in [0.15, 0.2) is 30.6 Å². The van der Waals surface area contributed by atoms with Gasteiger partial charge in [0.05, 0.1) is 17.4 Å². The van der Waals surface area contributed by atoms with Gasteiger partial charge >= 0.3 is 0 Å². The Hall–Kier alpha value is -2.43. The lowest BCUT2D eigenvalue weighted by molar-refractivity contribution is 0.102. The SMILES string of the molecule is Cc1cccc(NC(=O)c2cn[nH]c2)c1C=O. The number of hydrogen-bond donors (Lipinski definition) is 2. The molecule has 0 fully saturated rings. The highest BCUT2D eigenvalue weighted by Gasteiger charge is 2.10. The van der Waals surface area contributed by atoms with Crippen molar-refractivity contribution in [2.24, 2.45) is 0 Å². The number of aldehydes is 1. The Balaban J connectivity index is 2.28. The highest BCUT2D eigenvalue weighted by molar-refractivity contribution is 6.06. The molecule has 86 valence electrons. The molecular weight excluding hydrogens is 218 g/mol. The maximum atomic E-state index is 11.8. The van der Waals surface area contributed by atoms with E-state index in [0.717, 1.165) is 11.8 Å². The lowest BCUT2D eigenvalue weighted by Gasteiger charge is -2.08. The molecule has 0 atom stereocenters. The van der Waals surface area contributed by atoms with E-state index in [1.807, 2.05) is 13.0 Å². The predicted octanol–water partition coefficient (Wildman–Crippen LogP) is 1.78. The number of aromatic amines is 1. The number of carbonyl (C=O) groups is 2. The Labute approximate surface area is 97.9 Å². The fourth-order valence-electron chi connectivity index (χ4n) is 1.52. The van der Waals surface area contributed by atoms with Gasteiger partial charge in [0.1, 0.15) is 0 Å². The molecular formula is C12H11N3O2. The number of carbonyl (C=O) groups excluding carboxylic acids is 2. The third-order valence-electron chi connectivity index (χ3n) is 2.45. The first-order valence-electron chi connectivity index (χ1n) is 5.07. The van der Waals surface area contributed by atoms with Gasteiger partial charge in [0.2, 0.25) is 0 Å². The normalized spacial score (nSPS) is 9.94. The van der Waals surface area contributed by atoms with Crippen molar-refractivity contribution in [3.05, 3.63) is 47.3 Å². The Morgan fingerprint density at radius 2 is 2.29 bits per heavy atom. The summed E-state index contributed by atoms with van der Waals surface area (Å²) in [6.07, 6.45) is 3.65. The number of aromatic nitrogens is 2. The van der Waals surface area contributed by atoms with Crippen molar-refractivity contribution in [3.63, 3.8) is 0 Å². The minimum atomic E-state index is -0.299. The number of hydrogen-bond acceptors (Lipinski definition) is 3. The van der Waals surface area contributed by atoms with Crippen molar-refractivity contribution in [1.29, 1.82) is 0 Å². The van der Waals surface area contributed by atoms with Crippen LogP contribution in [0.1, 0.15) is 26.3 Å². The summed E-state index contributed by atoms with van der Waals surface area (Å²) in [6.45, 7) is 1.82. The second kappa shape index (κ2) is 4.61. The van der Waals surface area contributed by atoms with E-state index in [0.29, 0.717) is 16.8 Å². The summed E-state index contributed by atoms with van der Waals surface area (Å²) in [5.74, 6) is -0.299. The number of benzene rings is 1. The smallest absolute Gasteiger partial charge is 0.258 e. The molecule has 2 aromatic rings. The maximum absolute atomic E-state index is 11.8. The average Bonchev–Trinajstić information content (AvgIpc) is 2.82. The molecule has 1 aromatic heterocycles. The van der Waals surface area contributed by atoms with E-state index >= 15 is 0 Å². The molecule has 0 radical (unpaired) electrons. The van der Waals surface area contributed by atoms with E-state index < -0.39 is 0 Å². The number of nitrogens with zero attached hydrogens (tertiary/aromatic N) is 1. The maximum Gasteiger partial charge on any atom is 0.258 e. The van der Waals surface area contributed by atoms with Crippen LogP contribution in [0.3, 0.4) is 0 Å². The Kier molecular flexibility index (Phi) is 3.00. The number of aryl methyl sites for hydroxylation is 1. The number of anilines is 1. The van der Waals surface area contributed by atoms with Crippen LogP contribution in [0.2, 0.25) is 0 Å². The molecule has 0 aliphatic rings.